The van der Waals surface area contributed by atoms with Crippen molar-refractivity contribution in [1.82, 2.24) is 5.32 Å². The van der Waals surface area contributed by atoms with Gasteiger partial charge in [0.1, 0.15) is 0 Å². The number of hydrogen-bond acceptors (Lipinski definition) is 4. The van der Waals surface area contributed by atoms with Crippen LogP contribution in [0.5, 0.6) is 0 Å². The smallest absolute Gasteiger partial charge is 0.229 e. The first kappa shape index (κ1) is 14.7. The molecular formula is C14H19N3O2S. The van der Waals surface area contributed by atoms with E-state index in [0.29, 0.717) is 6.42 Å². The molecule has 0 aliphatic carbocycles. The minimum absolute atomic E-state index is 0.0548. The molecule has 1 aliphatic heterocycles. The van der Waals surface area contributed by atoms with Crippen LogP contribution in [0.25, 0.3) is 0 Å². The Morgan fingerprint density at radius 3 is 3.05 bits per heavy atom. The quantitative estimate of drug-likeness (QED) is 0.335. The summed E-state index contributed by atoms with van der Waals surface area (Å²) in [4.78, 5) is 13.6. The average molecular weight is 293 g/mol. The van der Waals surface area contributed by atoms with E-state index in [2.05, 4.69) is 10.5 Å². The van der Waals surface area contributed by atoms with E-state index < -0.39 is 6.04 Å². The van der Waals surface area contributed by atoms with Gasteiger partial charge in [-0.2, -0.15) is 0 Å². The number of carbonyl (C=O) groups is 1. The summed E-state index contributed by atoms with van der Waals surface area (Å²) in [6, 6.07) is 7.52. The standard InChI is InChI=1S/C14H19N3O2S/c1-2-5-11(13(15)17-19)16-14(18)10-8-20-12-7-4-3-6-9(10)12/h3-4,6-7,10-11,19H,2,5,8H2,1H3,(H2,15,17)(H,16,18). The normalized spacial score (nSPS) is 19.4. The fourth-order valence-corrected chi connectivity index (χ4v) is 3.53. The lowest BCUT2D eigenvalue weighted by Crippen LogP contribution is -2.46. The first-order valence-electron chi connectivity index (χ1n) is 6.66. The van der Waals surface area contributed by atoms with E-state index in [0.717, 1.165) is 22.6 Å². The van der Waals surface area contributed by atoms with Gasteiger partial charge in [-0.1, -0.05) is 36.7 Å². The summed E-state index contributed by atoms with van der Waals surface area (Å²) in [5, 5.41) is 14.7. The largest absolute Gasteiger partial charge is 0.409 e. The number of hydrogen-bond donors (Lipinski definition) is 3. The Morgan fingerprint density at radius 1 is 1.60 bits per heavy atom. The third-order valence-corrected chi connectivity index (χ3v) is 4.57. The zero-order valence-corrected chi connectivity index (χ0v) is 12.2. The Hall–Kier alpha value is -1.69. The molecule has 4 N–H and O–H groups in total. The SMILES string of the molecule is CCCC(NC(=O)C1CSc2ccccc21)C(N)=NO. The Labute approximate surface area is 122 Å². The lowest BCUT2D eigenvalue weighted by atomic mass is 9.99. The van der Waals surface area contributed by atoms with Crippen molar-refractivity contribution in [2.75, 3.05) is 5.75 Å². The molecule has 108 valence electrons. The lowest BCUT2D eigenvalue weighted by Gasteiger charge is -2.19. The molecule has 1 aliphatic rings. The van der Waals surface area contributed by atoms with Gasteiger partial charge in [-0.05, 0) is 18.1 Å². The highest BCUT2D eigenvalue weighted by molar-refractivity contribution is 7.99. The lowest BCUT2D eigenvalue weighted by molar-refractivity contribution is -0.122. The van der Waals surface area contributed by atoms with E-state index in [4.69, 9.17) is 10.9 Å². The maximum Gasteiger partial charge on any atom is 0.229 e. The number of nitrogens with zero attached hydrogens (tertiary/aromatic N) is 1. The highest BCUT2D eigenvalue weighted by Gasteiger charge is 2.30. The van der Waals surface area contributed by atoms with Crippen LogP contribution in [0.3, 0.4) is 0 Å². The van der Waals surface area contributed by atoms with Gasteiger partial charge in [0, 0.05) is 10.6 Å². The molecule has 2 atom stereocenters. The summed E-state index contributed by atoms with van der Waals surface area (Å²) in [6.07, 6.45) is 1.50. The minimum atomic E-state index is -0.407. The van der Waals surface area contributed by atoms with Gasteiger partial charge in [0.2, 0.25) is 5.91 Å². The molecule has 1 amide bonds. The molecule has 6 heteroatoms. The minimum Gasteiger partial charge on any atom is -0.409 e. The first-order chi connectivity index (χ1) is 9.67. The monoisotopic (exact) mass is 293 g/mol. The number of thioether (sulfide) groups is 1. The van der Waals surface area contributed by atoms with Gasteiger partial charge in [-0.3, -0.25) is 4.79 Å². The molecule has 0 saturated heterocycles. The van der Waals surface area contributed by atoms with Crippen LogP contribution in [0.4, 0.5) is 0 Å². The van der Waals surface area contributed by atoms with Crippen molar-refractivity contribution in [3.05, 3.63) is 29.8 Å². The molecule has 0 bridgehead atoms. The topological polar surface area (TPSA) is 87.7 Å². The predicted molar refractivity (Wildman–Crippen MR) is 80.2 cm³/mol. The molecular weight excluding hydrogens is 274 g/mol. The van der Waals surface area contributed by atoms with Crippen LogP contribution in [0, 0.1) is 0 Å². The van der Waals surface area contributed by atoms with Crippen molar-refractivity contribution in [3.63, 3.8) is 0 Å². The maximum absolute atomic E-state index is 12.4. The summed E-state index contributed by atoms with van der Waals surface area (Å²) < 4.78 is 0. The van der Waals surface area contributed by atoms with Crippen LogP contribution < -0.4 is 11.1 Å². The second-order valence-corrected chi connectivity index (χ2v) is 5.84. The molecule has 5 nitrogen and oxygen atoms in total. The van der Waals surface area contributed by atoms with Gasteiger partial charge < -0.3 is 16.3 Å². The van der Waals surface area contributed by atoms with Crippen LogP contribution in [0.1, 0.15) is 31.2 Å². The van der Waals surface area contributed by atoms with Crippen molar-refractivity contribution in [1.29, 1.82) is 0 Å². The average Bonchev–Trinajstić information content (AvgIpc) is 2.90. The zero-order valence-electron chi connectivity index (χ0n) is 11.4. The summed E-state index contributed by atoms with van der Waals surface area (Å²) >= 11 is 1.69. The fraction of sp³-hybridized carbons (Fsp3) is 0.429. The van der Waals surface area contributed by atoms with Gasteiger partial charge in [0.05, 0.1) is 12.0 Å². The molecule has 1 heterocycles. The number of benzene rings is 1. The van der Waals surface area contributed by atoms with E-state index >= 15 is 0 Å². The Bertz CT molecular complexity index is 519. The summed E-state index contributed by atoms with van der Waals surface area (Å²) in [6.45, 7) is 1.99. The van der Waals surface area contributed by atoms with Crippen LogP contribution in [0.15, 0.2) is 34.3 Å². The zero-order chi connectivity index (χ0) is 14.5. The fourth-order valence-electron chi connectivity index (χ4n) is 2.30. The van der Waals surface area contributed by atoms with E-state index in [1.54, 1.807) is 11.8 Å². The Kier molecular flexibility index (Phi) is 4.89. The molecule has 1 aromatic rings. The Balaban J connectivity index is 2.09. The van der Waals surface area contributed by atoms with Crippen LogP contribution >= 0.6 is 11.8 Å². The van der Waals surface area contributed by atoms with Crippen LogP contribution in [0.2, 0.25) is 0 Å². The highest BCUT2D eigenvalue weighted by Crippen LogP contribution is 2.39. The third kappa shape index (κ3) is 3.07. The second-order valence-electron chi connectivity index (χ2n) is 4.78. The summed E-state index contributed by atoms with van der Waals surface area (Å²) in [5.74, 6) is 0.564. The molecule has 0 aromatic heterocycles. The number of carbonyl (C=O) groups excluding carboxylic acids is 1. The Morgan fingerprint density at radius 2 is 2.35 bits per heavy atom. The van der Waals surface area contributed by atoms with E-state index in [-0.39, 0.29) is 17.7 Å². The molecule has 0 saturated carbocycles. The number of amides is 1. The number of nitrogens with one attached hydrogen (secondary N) is 1. The third-order valence-electron chi connectivity index (χ3n) is 3.38. The molecule has 0 spiro atoms. The van der Waals surface area contributed by atoms with Crippen LogP contribution in [-0.4, -0.2) is 28.7 Å². The van der Waals surface area contributed by atoms with Gasteiger partial charge in [-0.15, -0.1) is 11.8 Å². The number of rotatable bonds is 5. The predicted octanol–water partition coefficient (Wildman–Crippen LogP) is 1.91. The molecule has 0 radical (unpaired) electrons. The summed E-state index contributed by atoms with van der Waals surface area (Å²) in [7, 11) is 0. The van der Waals surface area contributed by atoms with Gasteiger partial charge in [0.25, 0.3) is 0 Å². The molecule has 1 aromatic carbocycles. The number of amidine groups is 1. The number of oxime groups is 1. The molecule has 2 rings (SSSR count). The van der Waals surface area contributed by atoms with Crippen molar-refractivity contribution < 1.29 is 10.0 Å². The highest BCUT2D eigenvalue weighted by atomic mass is 32.2. The van der Waals surface area contributed by atoms with E-state index in [1.165, 1.54) is 0 Å². The van der Waals surface area contributed by atoms with Crippen molar-refractivity contribution in [3.8, 4) is 0 Å². The van der Waals surface area contributed by atoms with Crippen molar-refractivity contribution in [2.45, 2.75) is 36.6 Å². The number of fused-ring (bicyclic) bond motifs is 1. The maximum atomic E-state index is 12.4. The van der Waals surface area contributed by atoms with Gasteiger partial charge in [-0.25, -0.2) is 0 Å². The number of nitrogens with two attached hydrogens (primary N) is 1. The van der Waals surface area contributed by atoms with Crippen molar-refractivity contribution in [2.24, 2.45) is 10.9 Å². The molecule has 20 heavy (non-hydrogen) atoms. The first-order valence-corrected chi connectivity index (χ1v) is 7.65. The van der Waals surface area contributed by atoms with Gasteiger partial charge >= 0.3 is 0 Å². The van der Waals surface area contributed by atoms with Gasteiger partial charge in [0.15, 0.2) is 5.84 Å². The summed E-state index contributed by atoms with van der Waals surface area (Å²) in [5.41, 5.74) is 6.68. The van der Waals surface area contributed by atoms with Crippen LogP contribution in [-0.2, 0) is 4.79 Å². The molecule has 0 fully saturated rings. The molecule has 2 unspecified atom stereocenters. The van der Waals surface area contributed by atoms with E-state index in [1.807, 2.05) is 31.2 Å². The van der Waals surface area contributed by atoms with E-state index in [9.17, 15) is 4.79 Å². The van der Waals surface area contributed by atoms with Crippen molar-refractivity contribution >= 4 is 23.5 Å². The second kappa shape index (κ2) is 6.65.